The van der Waals surface area contributed by atoms with Gasteiger partial charge in [-0.05, 0) is 44.2 Å². The molecular weight excluding hydrogens is 326 g/mol. The molecule has 0 spiro atoms. The first kappa shape index (κ1) is 17.2. The average Bonchev–Trinajstić information content (AvgIpc) is 2.97. The maximum absolute atomic E-state index is 12.9. The van der Waals surface area contributed by atoms with Crippen molar-refractivity contribution in [2.75, 3.05) is 20.2 Å². The molecule has 3 rings (SSSR count). The second-order valence-corrected chi connectivity index (χ2v) is 8.50. The summed E-state index contributed by atoms with van der Waals surface area (Å²) < 4.78 is 32.1. The number of carbonyl (C=O) groups excluding carboxylic acids is 1. The number of hydrogen-bond acceptors (Lipinski definition) is 4. The summed E-state index contributed by atoms with van der Waals surface area (Å²) in [6.07, 6.45) is 2.99. The summed E-state index contributed by atoms with van der Waals surface area (Å²) in [7, 11) is -2.11. The fourth-order valence-electron chi connectivity index (χ4n) is 3.61. The van der Waals surface area contributed by atoms with Gasteiger partial charge in [-0.1, -0.05) is 28.8 Å². The molecule has 0 aromatic heterocycles. The van der Waals surface area contributed by atoms with Crippen LogP contribution in [0.15, 0.2) is 40.3 Å². The Kier molecular flexibility index (Phi) is 4.78. The third-order valence-electron chi connectivity index (χ3n) is 5.06. The molecule has 1 aliphatic carbocycles. The van der Waals surface area contributed by atoms with Gasteiger partial charge in [0, 0.05) is 13.1 Å². The summed E-state index contributed by atoms with van der Waals surface area (Å²) in [5.74, 6) is 0.158. The highest BCUT2D eigenvalue weighted by Crippen LogP contribution is 2.40. The van der Waals surface area contributed by atoms with Gasteiger partial charge in [0.15, 0.2) is 0 Å². The van der Waals surface area contributed by atoms with Gasteiger partial charge < -0.3 is 4.74 Å². The molecule has 130 valence electrons. The van der Waals surface area contributed by atoms with Crippen LogP contribution in [0, 0.1) is 12.8 Å². The fraction of sp³-hybridized carbons (Fsp3) is 0.500. The van der Waals surface area contributed by atoms with Crippen LogP contribution in [0.5, 0.6) is 0 Å². The highest BCUT2D eigenvalue weighted by atomic mass is 32.2. The van der Waals surface area contributed by atoms with Crippen LogP contribution in [0.4, 0.5) is 0 Å². The van der Waals surface area contributed by atoms with Gasteiger partial charge in [0.25, 0.3) is 0 Å². The first-order valence-electron chi connectivity index (χ1n) is 8.26. The lowest BCUT2D eigenvalue weighted by atomic mass is 9.93. The summed E-state index contributed by atoms with van der Waals surface area (Å²) in [6, 6.07) is 6.96. The number of methoxy groups -OCH3 is 1. The Bertz CT molecular complexity index is 765. The molecule has 1 saturated heterocycles. The molecule has 0 N–H and O–H groups in total. The zero-order valence-corrected chi connectivity index (χ0v) is 14.9. The van der Waals surface area contributed by atoms with Crippen LogP contribution in [-0.2, 0) is 19.6 Å². The van der Waals surface area contributed by atoms with Crippen LogP contribution in [0.3, 0.4) is 0 Å². The second-order valence-electron chi connectivity index (χ2n) is 6.56. The average molecular weight is 349 g/mol. The molecular formula is C18H23NO4S. The molecule has 1 aliphatic heterocycles. The molecule has 0 bridgehead atoms. The van der Waals surface area contributed by atoms with Gasteiger partial charge in [-0.2, -0.15) is 4.31 Å². The first-order valence-corrected chi connectivity index (χ1v) is 9.70. The van der Waals surface area contributed by atoms with E-state index >= 15 is 0 Å². The number of nitrogens with zero attached hydrogens (tertiary/aromatic N) is 1. The van der Waals surface area contributed by atoms with Crippen molar-refractivity contribution in [3.63, 3.8) is 0 Å². The van der Waals surface area contributed by atoms with E-state index in [1.165, 1.54) is 7.11 Å². The summed E-state index contributed by atoms with van der Waals surface area (Å²) in [4.78, 5) is 11.9. The Labute approximate surface area is 143 Å². The standard InChI is InChI=1S/C18H23NO4S/c1-13-3-7-16(8-4-13)24(21,22)19-10-9-14-5-6-15(17(14)12-19)11-18(20)23-2/h3-4,7-8,14H,5-6,9-12H2,1-2H3. The van der Waals surface area contributed by atoms with Crippen molar-refractivity contribution < 1.29 is 17.9 Å². The second kappa shape index (κ2) is 6.69. The number of hydrogen-bond donors (Lipinski definition) is 0. The molecule has 1 aromatic rings. The van der Waals surface area contributed by atoms with Crippen molar-refractivity contribution in [3.05, 3.63) is 41.0 Å². The third-order valence-corrected chi connectivity index (χ3v) is 6.92. The number of piperidine rings is 1. The maximum Gasteiger partial charge on any atom is 0.309 e. The molecule has 0 radical (unpaired) electrons. The zero-order chi connectivity index (χ0) is 17.3. The van der Waals surface area contributed by atoms with Crippen molar-refractivity contribution in [2.45, 2.75) is 37.5 Å². The van der Waals surface area contributed by atoms with Gasteiger partial charge in [0.2, 0.25) is 10.0 Å². The molecule has 1 fully saturated rings. The van der Waals surface area contributed by atoms with E-state index in [2.05, 4.69) is 0 Å². The van der Waals surface area contributed by atoms with E-state index in [0.717, 1.165) is 36.0 Å². The van der Waals surface area contributed by atoms with Gasteiger partial charge >= 0.3 is 5.97 Å². The van der Waals surface area contributed by atoms with Gasteiger partial charge in [0.05, 0.1) is 18.4 Å². The minimum absolute atomic E-state index is 0.253. The lowest BCUT2D eigenvalue weighted by Crippen LogP contribution is -2.39. The van der Waals surface area contributed by atoms with E-state index < -0.39 is 10.0 Å². The van der Waals surface area contributed by atoms with Gasteiger partial charge in [-0.3, -0.25) is 4.79 Å². The van der Waals surface area contributed by atoms with Crippen molar-refractivity contribution in [2.24, 2.45) is 5.92 Å². The molecule has 24 heavy (non-hydrogen) atoms. The zero-order valence-electron chi connectivity index (χ0n) is 14.1. The van der Waals surface area contributed by atoms with E-state index in [-0.39, 0.29) is 12.4 Å². The number of aryl methyl sites for hydroxylation is 1. The topological polar surface area (TPSA) is 63.7 Å². The number of esters is 1. The van der Waals surface area contributed by atoms with Crippen molar-refractivity contribution in [1.82, 2.24) is 4.31 Å². The Morgan fingerprint density at radius 3 is 2.62 bits per heavy atom. The third kappa shape index (κ3) is 3.26. The van der Waals surface area contributed by atoms with E-state index in [1.54, 1.807) is 16.4 Å². The molecule has 2 aliphatic rings. The lowest BCUT2D eigenvalue weighted by molar-refractivity contribution is -0.139. The number of carbonyl (C=O) groups is 1. The van der Waals surface area contributed by atoms with E-state index in [0.29, 0.717) is 23.9 Å². The monoisotopic (exact) mass is 349 g/mol. The van der Waals surface area contributed by atoms with Crippen LogP contribution < -0.4 is 0 Å². The van der Waals surface area contributed by atoms with E-state index in [4.69, 9.17) is 4.74 Å². The molecule has 0 saturated carbocycles. The van der Waals surface area contributed by atoms with Crippen LogP contribution in [0.1, 0.15) is 31.2 Å². The van der Waals surface area contributed by atoms with Gasteiger partial charge in [0.1, 0.15) is 0 Å². The van der Waals surface area contributed by atoms with Crippen molar-refractivity contribution in [3.8, 4) is 0 Å². The molecule has 1 unspecified atom stereocenters. The van der Waals surface area contributed by atoms with E-state index in [9.17, 15) is 13.2 Å². The van der Waals surface area contributed by atoms with E-state index in [1.807, 2.05) is 19.1 Å². The normalized spacial score (nSPS) is 21.7. The molecule has 6 heteroatoms. The van der Waals surface area contributed by atoms with Crippen LogP contribution in [0.25, 0.3) is 0 Å². The Balaban J connectivity index is 1.84. The highest BCUT2D eigenvalue weighted by molar-refractivity contribution is 7.89. The smallest absolute Gasteiger partial charge is 0.309 e. The van der Waals surface area contributed by atoms with Crippen LogP contribution in [0.2, 0.25) is 0 Å². The number of rotatable bonds is 4. The summed E-state index contributed by atoms with van der Waals surface area (Å²) in [5, 5.41) is 0. The SMILES string of the molecule is COC(=O)CC1=C2CN(S(=O)(=O)c3ccc(C)cc3)CCC2CC1. The van der Waals surface area contributed by atoms with Crippen molar-refractivity contribution in [1.29, 1.82) is 0 Å². The molecule has 0 amide bonds. The minimum Gasteiger partial charge on any atom is -0.469 e. The first-order chi connectivity index (χ1) is 11.4. The quantitative estimate of drug-likeness (QED) is 0.619. The van der Waals surface area contributed by atoms with Gasteiger partial charge in [-0.15, -0.1) is 0 Å². The minimum atomic E-state index is -3.49. The predicted octanol–water partition coefficient (Wildman–Crippen LogP) is 2.66. The largest absolute Gasteiger partial charge is 0.469 e. The van der Waals surface area contributed by atoms with Crippen molar-refractivity contribution >= 4 is 16.0 Å². The fourth-order valence-corrected chi connectivity index (χ4v) is 5.05. The lowest BCUT2D eigenvalue weighted by Gasteiger charge is -2.32. The summed E-state index contributed by atoms with van der Waals surface area (Å²) in [5.41, 5.74) is 3.23. The molecule has 1 atom stereocenters. The number of benzene rings is 1. The van der Waals surface area contributed by atoms with Gasteiger partial charge in [-0.25, -0.2) is 8.42 Å². The molecule has 5 nitrogen and oxygen atoms in total. The molecule has 1 heterocycles. The molecule has 1 aromatic carbocycles. The number of fused-ring (bicyclic) bond motifs is 1. The summed E-state index contributed by atoms with van der Waals surface area (Å²) >= 11 is 0. The number of ether oxygens (including phenoxy) is 1. The van der Waals surface area contributed by atoms with Crippen LogP contribution >= 0.6 is 0 Å². The Hall–Kier alpha value is -1.66. The predicted molar refractivity (Wildman–Crippen MR) is 90.9 cm³/mol. The Morgan fingerprint density at radius 1 is 1.25 bits per heavy atom. The summed E-state index contributed by atoms with van der Waals surface area (Å²) in [6.45, 7) is 2.87. The Morgan fingerprint density at radius 2 is 1.96 bits per heavy atom. The highest BCUT2D eigenvalue weighted by Gasteiger charge is 2.36. The maximum atomic E-state index is 12.9. The number of sulfonamides is 1. The van der Waals surface area contributed by atoms with Crippen LogP contribution in [-0.4, -0.2) is 38.9 Å².